The third-order valence-electron chi connectivity index (χ3n) is 2.82. The molecule has 2 aromatic rings. The maximum absolute atomic E-state index is 11.9. The number of hydrogen-bond donors (Lipinski definition) is 2. The maximum Gasteiger partial charge on any atom is 0.358 e. The Kier molecular flexibility index (Phi) is 4.72. The number of benzene rings is 1. The summed E-state index contributed by atoms with van der Waals surface area (Å²) in [6, 6.07) is 4.84. The molecule has 1 aromatic carbocycles. The average Bonchev–Trinajstić information content (AvgIpc) is 2.97. The molecule has 0 saturated heterocycles. The van der Waals surface area contributed by atoms with Gasteiger partial charge in [0.2, 0.25) is 0 Å². The van der Waals surface area contributed by atoms with Crippen molar-refractivity contribution in [3.8, 4) is 11.4 Å². The molecule has 2 rings (SSSR count). The molecule has 2 N–H and O–H groups in total. The zero-order valence-corrected chi connectivity index (χ0v) is 12.2. The lowest BCUT2D eigenvalue weighted by Crippen LogP contribution is -2.22. The van der Waals surface area contributed by atoms with E-state index in [1.807, 2.05) is 13.8 Å². The number of ether oxygens (including phenoxy) is 1. The number of nitrogens with one attached hydrogen (secondary N) is 1. The van der Waals surface area contributed by atoms with Gasteiger partial charge in [0.1, 0.15) is 11.4 Å². The number of aromatic nitrogens is 3. The predicted molar refractivity (Wildman–Crippen MR) is 77.5 cm³/mol. The van der Waals surface area contributed by atoms with Gasteiger partial charge in [-0.25, -0.2) is 9.48 Å². The fraction of sp³-hybridized carbons (Fsp3) is 0.286. The van der Waals surface area contributed by atoms with Crippen LogP contribution in [0.2, 0.25) is 0 Å². The van der Waals surface area contributed by atoms with Crippen LogP contribution in [-0.4, -0.2) is 45.1 Å². The van der Waals surface area contributed by atoms with Gasteiger partial charge in [-0.05, 0) is 32.0 Å². The largest absolute Gasteiger partial charge is 0.492 e. The van der Waals surface area contributed by atoms with Gasteiger partial charge in [-0.2, -0.15) is 0 Å². The van der Waals surface area contributed by atoms with Crippen LogP contribution >= 0.6 is 0 Å². The van der Waals surface area contributed by atoms with Gasteiger partial charge in [0.05, 0.1) is 12.8 Å². The van der Waals surface area contributed by atoms with Crippen LogP contribution in [0.1, 0.15) is 34.7 Å². The van der Waals surface area contributed by atoms with Gasteiger partial charge in [0, 0.05) is 12.1 Å². The van der Waals surface area contributed by atoms with Crippen LogP contribution in [0.4, 0.5) is 0 Å². The summed E-state index contributed by atoms with van der Waals surface area (Å²) in [5.74, 6) is -0.948. The van der Waals surface area contributed by atoms with Crippen LogP contribution in [0.25, 0.3) is 5.69 Å². The van der Waals surface area contributed by atoms with Gasteiger partial charge in [-0.1, -0.05) is 5.21 Å². The fourth-order valence-corrected chi connectivity index (χ4v) is 1.86. The molecular formula is C14H16N4O4. The molecule has 0 fully saturated rings. The Labute approximate surface area is 126 Å². The second kappa shape index (κ2) is 6.70. The van der Waals surface area contributed by atoms with E-state index in [2.05, 4.69) is 15.6 Å². The van der Waals surface area contributed by atoms with Crippen LogP contribution in [0.15, 0.2) is 24.4 Å². The van der Waals surface area contributed by atoms with Gasteiger partial charge >= 0.3 is 5.97 Å². The Hall–Kier alpha value is -2.90. The van der Waals surface area contributed by atoms with Crippen LogP contribution in [0.3, 0.4) is 0 Å². The van der Waals surface area contributed by atoms with E-state index < -0.39 is 5.97 Å². The quantitative estimate of drug-likeness (QED) is 0.828. The number of amides is 1. The summed E-state index contributed by atoms with van der Waals surface area (Å²) in [4.78, 5) is 22.7. The zero-order chi connectivity index (χ0) is 16.1. The molecular weight excluding hydrogens is 288 g/mol. The minimum atomic E-state index is -1.16. The molecule has 0 saturated carbocycles. The lowest BCUT2D eigenvalue weighted by Gasteiger charge is -2.11. The highest BCUT2D eigenvalue weighted by Crippen LogP contribution is 2.24. The normalized spacial score (nSPS) is 10.3. The lowest BCUT2D eigenvalue weighted by molar-refractivity contribution is 0.0690. The molecule has 1 amide bonds. The smallest absolute Gasteiger partial charge is 0.358 e. The Balaban J connectivity index is 2.41. The van der Waals surface area contributed by atoms with Gasteiger partial charge in [-0.3, -0.25) is 4.79 Å². The summed E-state index contributed by atoms with van der Waals surface area (Å²) in [5.41, 5.74) is 0.790. The minimum absolute atomic E-state index is 0.171. The molecule has 8 heteroatoms. The van der Waals surface area contributed by atoms with Crippen molar-refractivity contribution in [2.24, 2.45) is 0 Å². The molecule has 0 aliphatic rings. The number of hydrogen-bond acceptors (Lipinski definition) is 5. The molecule has 0 bridgehead atoms. The topological polar surface area (TPSA) is 106 Å². The van der Waals surface area contributed by atoms with Crippen molar-refractivity contribution in [1.82, 2.24) is 20.3 Å². The van der Waals surface area contributed by atoms with E-state index >= 15 is 0 Å². The first-order valence-electron chi connectivity index (χ1n) is 6.77. The van der Waals surface area contributed by atoms with Crippen molar-refractivity contribution in [2.45, 2.75) is 13.8 Å². The first-order chi connectivity index (χ1) is 10.6. The summed E-state index contributed by atoms with van der Waals surface area (Å²) >= 11 is 0. The van der Waals surface area contributed by atoms with Crippen molar-refractivity contribution in [3.63, 3.8) is 0 Å². The number of carboxylic acid groups (broad SMARTS) is 1. The van der Waals surface area contributed by atoms with Crippen molar-refractivity contribution in [2.75, 3.05) is 13.2 Å². The van der Waals surface area contributed by atoms with Crippen molar-refractivity contribution in [3.05, 3.63) is 35.7 Å². The summed E-state index contributed by atoms with van der Waals surface area (Å²) in [7, 11) is 0. The molecule has 8 nitrogen and oxygen atoms in total. The highest BCUT2D eigenvalue weighted by atomic mass is 16.5. The molecule has 0 spiro atoms. The van der Waals surface area contributed by atoms with Crippen LogP contribution in [0, 0.1) is 0 Å². The van der Waals surface area contributed by atoms with Crippen molar-refractivity contribution < 1.29 is 19.4 Å². The van der Waals surface area contributed by atoms with E-state index in [-0.39, 0.29) is 11.6 Å². The molecule has 0 radical (unpaired) electrons. The van der Waals surface area contributed by atoms with Crippen LogP contribution < -0.4 is 10.1 Å². The number of carbonyl (C=O) groups excluding carboxylic acids is 1. The second-order valence-corrected chi connectivity index (χ2v) is 4.33. The Morgan fingerprint density at radius 3 is 2.73 bits per heavy atom. The van der Waals surface area contributed by atoms with Gasteiger partial charge in [0.15, 0.2) is 5.69 Å². The monoisotopic (exact) mass is 304 g/mol. The number of nitrogens with zero attached hydrogens (tertiary/aromatic N) is 3. The average molecular weight is 304 g/mol. The summed E-state index contributed by atoms with van der Waals surface area (Å²) < 4.78 is 6.82. The molecule has 0 aliphatic carbocycles. The van der Waals surface area contributed by atoms with Crippen molar-refractivity contribution >= 4 is 11.9 Å². The lowest BCUT2D eigenvalue weighted by atomic mass is 10.1. The van der Waals surface area contributed by atoms with E-state index in [0.717, 1.165) is 0 Å². The molecule has 22 heavy (non-hydrogen) atoms. The highest BCUT2D eigenvalue weighted by molar-refractivity contribution is 5.95. The number of carbonyl (C=O) groups is 2. The van der Waals surface area contributed by atoms with Gasteiger partial charge in [0.25, 0.3) is 5.91 Å². The Morgan fingerprint density at radius 2 is 2.14 bits per heavy atom. The molecule has 116 valence electrons. The Bertz CT molecular complexity index is 696. The maximum atomic E-state index is 11.9. The molecule has 0 atom stereocenters. The van der Waals surface area contributed by atoms with E-state index in [9.17, 15) is 9.59 Å². The van der Waals surface area contributed by atoms with E-state index in [1.54, 1.807) is 18.2 Å². The van der Waals surface area contributed by atoms with Gasteiger partial charge < -0.3 is 15.2 Å². The number of rotatable bonds is 6. The first-order valence-corrected chi connectivity index (χ1v) is 6.77. The van der Waals surface area contributed by atoms with E-state index in [4.69, 9.17) is 9.84 Å². The summed E-state index contributed by atoms with van der Waals surface area (Å²) in [6.45, 7) is 4.56. The van der Waals surface area contributed by atoms with E-state index in [1.165, 1.54) is 10.9 Å². The minimum Gasteiger partial charge on any atom is -0.492 e. The fourth-order valence-electron chi connectivity index (χ4n) is 1.86. The standard InChI is InChI=1S/C14H16N4O4/c1-3-15-13(19)9-5-6-11(12(7-9)22-4-2)18-8-10(14(20)21)16-17-18/h5-8H,3-4H2,1-2H3,(H,15,19)(H,20,21). The zero-order valence-electron chi connectivity index (χ0n) is 12.2. The summed E-state index contributed by atoms with van der Waals surface area (Å²) in [5, 5.41) is 18.9. The molecule has 0 aliphatic heterocycles. The third-order valence-corrected chi connectivity index (χ3v) is 2.82. The first kappa shape index (κ1) is 15.5. The number of aromatic carboxylic acids is 1. The Morgan fingerprint density at radius 1 is 1.36 bits per heavy atom. The van der Waals surface area contributed by atoms with Crippen molar-refractivity contribution in [1.29, 1.82) is 0 Å². The summed E-state index contributed by atoms with van der Waals surface area (Å²) in [6.07, 6.45) is 1.28. The SMILES string of the molecule is CCNC(=O)c1ccc(-n2cc(C(=O)O)nn2)c(OCC)c1. The molecule has 1 aromatic heterocycles. The molecule has 1 heterocycles. The second-order valence-electron chi connectivity index (χ2n) is 4.33. The predicted octanol–water partition coefficient (Wildman–Crippen LogP) is 1.11. The molecule has 0 unspecified atom stereocenters. The van der Waals surface area contributed by atoms with E-state index in [0.29, 0.717) is 30.2 Å². The van der Waals surface area contributed by atoms with Crippen LogP contribution in [0.5, 0.6) is 5.75 Å². The number of carboxylic acids is 1. The third kappa shape index (κ3) is 3.22. The highest BCUT2D eigenvalue weighted by Gasteiger charge is 2.15. The van der Waals surface area contributed by atoms with Crippen LogP contribution in [-0.2, 0) is 0 Å². The van der Waals surface area contributed by atoms with Gasteiger partial charge in [-0.15, -0.1) is 5.10 Å².